The second kappa shape index (κ2) is 21.9. The van der Waals surface area contributed by atoms with Crippen molar-refractivity contribution in [3.05, 3.63) is 97.2 Å². The quantitative estimate of drug-likeness (QED) is 0.120. The average Bonchev–Trinajstić information content (AvgIpc) is 3.62. The molecule has 2 aromatic carbocycles. The molecule has 2 aliphatic heterocycles. The van der Waals surface area contributed by atoms with Crippen molar-refractivity contribution in [3.8, 4) is 0 Å². The van der Waals surface area contributed by atoms with Crippen LogP contribution in [0.2, 0.25) is 0 Å². The Morgan fingerprint density at radius 2 is 0.810 bits per heavy atom. The van der Waals surface area contributed by atoms with Crippen molar-refractivity contribution in [1.29, 1.82) is 0 Å². The van der Waals surface area contributed by atoms with E-state index in [1.807, 2.05) is 0 Å². The molecule has 0 N–H and O–H groups in total. The Labute approximate surface area is 297 Å². The summed E-state index contributed by atoms with van der Waals surface area (Å²) in [4.78, 5) is 0. The van der Waals surface area contributed by atoms with Crippen LogP contribution in [0, 0.1) is 0 Å². The fourth-order valence-electron chi connectivity index (χ4n) is 3.60. The van der Waals surface area contributed by atoms with Gasteiger partial charge in [-0.25, -0.2) is 0 Å². The highest BCUT2D eigenvalue weighted by Gasteiger charge is 2.30. The van der Waals surface area contributed by atoms with Gasteiger partial charge in [-0.1, -0.05) is 134 Å². The van der Waals surface area contributed by atoms with Gasteiger partial charge < -0.3 is 0 Å². The van der Waals surface area contributed by atoms with Crippen LogP contribution in [0.1, 0.15) is 50.7 Å². The Kier molecular flexibility index (Phi) is 18.7. The normalized spacial score (nSPS) is 15.5. The molecule has 0 nitrogen and oxygen atoms in total. The smallest absolute Gasteiger partial charge is 0.0717 e. The van der Waals surface area contributed by atoms with Crippen molar-refractivity contribution in [2.24, 2.45) is 0 Å². The third-order valence-electron chi connectivity index (χ3n) is 5.85. The van der Waals surface area contributed by atoms with E-state index in [2.05, 4.69) is 192 Å². The molecule has 2 aromatic rings. The molecule has 0 fully saturated rings. The monoisotopic (exact) mass is 744 g/mol. The van der Waals surface area contributed by atoms with Crippen molar-refractivity contribution in [1.82, 2.24) is 0 Å². The molecule has 0 unspecified atom stereocenters. The zero-order chi connectivity index (χ0) is 29.2. The molecule has 0 spiro atoms. The number of thioether (sulfide) groups is 10. The molecule has 2 aliphatic rings. The average molecular weight is 745 g/mol. The summed E-state index contributed by atoms with van der Waals surface area (Å²) in [5, 5.41) is 0. The lowest BCUT2D eigenvalue weighted by Crippen LogP contribution is -1.88. The molecule has 42 heavy (non-hydrogen) atoms. The van der Waals surface area contributed by atoms with Crippen molar-refractivity contribution in [2.45, 2.75) is 51.0 Å². The number of hydrogen-bond acceptors (Lipinski definition) is 10. The van der Waals surface area contributed by atoms with Gasteiger partial charge in [0.05, 0.1) is 25.4 Å². The highest BCUT2D eigenvalue weighted by molar-refractivity contribution is 8.45. The van der Waals surface area contributed by atoms with Crippen LogP contribution in [0.15, 0.2) is 86.1 Å². The van der Waals surface area contributed by atoms with E-state index in [9.17, 15) is 0 Å². The Bertz CT molecular complexity index is 1070. The number of rotatable bonds is 20. The topological polar surface area (TPSA) is 0 Å². The molecule has 4 rings (SSSR count). The van der Waals surface area contributed by atoms with E-state index in [1.165, 1.54) is 88.3 Å². The maximum Gasteiger partial charge on any atom is 0.0717 e. The van der Waals surface area contributed by atoms with E-state index in [0.717, 1.165) is 11.5 Å². The fraction of sp³-hybridized carbons (Fsp3) is 0.438. The molecular weight excluding hydrogens is 705 g/mol. The first-order valence-corrected chi connectivity index (χ1v) is 24.0. The van der Waals surface area contributed by atoms with Crippen LogP contribution in [0.3, 0.4) is 0 Å². The van der Waals surface area contributed by atoms with Crippen LogP contribution < -0.4 is 0 Å². The van der Waals surface area contributed by atoms with Crippen LogP contribution in [0.25, 0.3) is 0 Å². The third-order valence-corrected chi connectivity index (χ3v) is 20.2. The van der Waals surface area contributed by atoms with Crippen LogP contribution in [-0.4, -0.2) is 34.5 Å². The van der Waals surface area contributed by atoms with Gasteiger partial charge in [0, 0.05) is 34.5 Å². The molecule has 0 amide bonds. The fourth-order valence-corrected chi connectivity index (χ4v) is 18.1. The number of unbranched alkanes of at least 4 members (excludes halogenated alkanes) is 2. The Morgan fingerprint density at radius 3 is 1.17 bits per heavy atom. The maximum absolute atomic E-state index is 2.30. The zero-order valence-electron chi connectivity index (χ0n) is 24.3. The largest absolute Gasteiger partial charge is 0.156 e. The Balaban J connectivity index is 1.33. The minimum atomic E-state index is 1.10. The molecule has 0 saturated carbocycles. The summed E-state index contributed by atoms with van der Waals surface area (Å²) in [5.41, 5.74) is 2.86. The molecular formula is C32H40S10. The SMILES string of the molecule is CCCCSC1=C(SCCCC)SC(=C2SC(SCCSCc3ccccc3)=C(SCCSCc3ccccc3)S2)S1. The van der Waals surface area contributed by atoms with Gasteiger partial charge in [0.15, 0.2) is 0 Å². The van der Waals surface area contributed by atoms with E-state index in [1.54, 1.807) is 8.47 Å². The van der Waals surface area contributed by atoms with E-state index in [4.69, 9.17) is 0 Å². The number of hydrogen-bond donors (Lipinski definition) is 0. The Morgan fingerprint density at radius 1 is 0.452 bits per heavy atom. The van der Waals surface area contributed by atoms with E-state index >= 15 is 0 Å². The highest BCUT2D eigenvalue weighted by Crippen LogP contribution is 2.66. The lowest BCUT2D eigenvalue weighted by atomic mass is 10.2. The van der Waals surface area contributed by atoms with Crippen molar-refractivity contribution >= 4 is 118 Å². The summed E-state index contributed by atoms with van der Waals surface area (Å²) in [6, 6.07) is 21.8. The second-order valence-electron chi connectivity index (χ2n) is 9.31. The van der Waals surface area contributed by atoms with Gasteiger partial charge in [0.25, 0.3) is 0 Å². The van der Waals surface area contributed by atoms with Gasteiger partial charge in [-0.15, -0.1) is 47.0 Å². The predicted octanol–water partition coefficient (Wildman–Crippen LogP) is 13.7. The first-order chi connectivity index (χ1) is 20.8. The first kappa shape index (κ1) is 36.0. The van der Waals surface area contributed by atoms with E-state index < -0.39 is 0 Å². The lowest BCUT2D eigenvalue weighted by Gasteiger charge is -2.06. The van der Waals surface area contributed by atoms with E-state index in [0.29, 0.717) is 0 Å². The second-order valence-corrected chi connectivity index (χ2v) is 21.6. The molecule has 0 atom stereocenters. The van der Waals surface area contributed by atoms with E-state index in [-0.39, 0.29) is 0 Å². The molecule has 0 aliphatic carbocycles. The van der Waals surface area contributed by atoms with Gasteiger partial charge in [-0.2, -0.15) is 23.5 Å². The van der Waals surface area contributed by atoms with Crippen molar-refractivity contribution in [2.75, 3.05) is 34.5 Å². The Hall–Kier alpha value is 1.16. The molecule has 0 bridgehead atoms. The summed E-state index contributed by atoms with van der Waals surface area (Å²) in [5.74, 6) is 9.40. The van der Waals surface area contributed by atoms with Crippen molar-refractivity contribution in [3.63, 3.8) is 0 Å². The molecule has 10 heteroatoms. The standard InChI is InChI=1S/C32H40S10/c1-3-5-17-35-27-28(36-18-6-4-2)40-31(39-27)32-41-29(37-21-19-33-23-25-13-9-7-10-14-25)30(42-32)38-22-20-34-24-26-15-11-8-12-16-26/h7-16H,3-6,17-24H2,1-2H3. The van der Waals surface area contributed by atoms with Gasteiger partial charge in [-0.05, 0) is 35.5 Å². The van der Waals surface area contributed by atoms with Crippen LogP contribution in [-0.2, 0) is 11.5 Å². The minimum absolute atomic E-state index is 1.10. The van der Waals surface area contributed by atoms with Crippen LogP contribution >= 0.6 is 118 Å². The summed E-state index contributed by atoms with van der Waals surface area (Å²) >= 11 is 20.7. The molecule has 228 valence electrons. The minimum Gasteiger partial charge on any atom is -0.156 e. The van der Waals surface area contributed by atoms with Crippen LogP contribution in [0.4, 0.5) is 0 Å². The maximum atomic E-state index is 2.30. The first-order valence-electron chi connectivity index (χ1n) is 14.5. The van der Waals surface area contributed by atoms with Gasteiger partial charge in [-0.3, -0.25) is 0 Å². The lowest BCUT2D eigenvalue weighted by molar-refractivity contribution is 0.897. The molecule has 2 heterocycles. The number of benzene rings is 2. The summed E-state index contributed by atoms with van der Waals surface area (Å²) in [6.45, 7) is 4.60. The molecule has 0 saturated heterocycles. The summed E-state index contributed by atoms with van der Waals surface area (Å²) < 4.78 is 9.23. The summed E-state index contributed by atoms with van der Waals surface area (Å²) in [6.07, 6.45) is 5.15. The van der Waals surface area contributed by atoms with Gasteiger partial charge in [0.1, 0.15) is 0 Å². The van der Waals surface area contributed by atoms with Crippen LogP contribution in [0.5, 0.6) is 0 Å². The molecule has 0 radical (unpaired) electrons. The molecule has 0 aromatic heterocycles. The zero-order valence-corrected chi connectivity index (χ0v) is 32.5. The third kappa shape index (κ3) is 13.1. The van der Waals surface area contributed by atoms with Gasteiger partial charge in [0.2, 0.25) is 0 Å². The van der Waals surface area contributed by atoms with Gasteiger partial charge >= 0.3 is 0 Å². The summed E-state index contributed by atoms with van der Waals surface area (Å²) in [7, 11) is 0. The highest BCUT2D eigenvalue weighted by atomic mass is 32.3. The predicted molar refractivity (Wildman–Crippen MR) is 216 cm³/mol. The van der Waals surface area contributed by atoms with Crippen molar-refractivity contribution < 1.29 is 0 Å².